The summed E-state index contributed by atoms with van der Waals surface area (Å²) in [6, 6.07) is 18.0. The zero-order chi connectivity index (χ0) is 26.4. The number of pyridine rings is 1. The Bertz CT molecular complexity index is 1390. The van der Waals surface area contributed by atoms with Crippen molar-refractivity contribution in [1.82, 2.24) is 19.9 Å². The zero-order valence-corrected chi connectivity index (χ0v) is 21.9. The predicted molar refractivity (Wildman–Crippen MR) is 153 cm³/mol. The van der Waals surface area contributed by atoms with Crippen LogP contribution < -0.4 is 20.7 Å². The molecule has 0 aliphatic carbocycles. The normalized spacial score (nSPS) is 16.4. The van der Waals surface area contributed by atoms with Crippen LogP contribution in [0.5, 0.6) is 5.75 Å². The lowest BCUT2D eigenvalue weighted by molar-refractivity contribution is 0.0322. The Morgan fingerprint density at radius 2 is 1.56 bits per heavy atom. The molecule has 202 valence electrons. The van der Waals surface area contributed by atoms with Crippen LogP contribution in [-0.2, 0) is 9.47 Å². The number of nitrogens with two attached hydrogens (primary N) is 1. The number of anilines is 4. The Kier molecular flexibility index (Phi) is 7.66. The molecule has 2 aliphatic heterocycles. The molecule has 4 heterocycles. The second kappa shape index (κ2) is 11.8. The van der Waals surface area contributed by atoms with Crippen LogP contribution in [0.4, 0.5) is 23.1 Å². The standard InChI is InChI=1S/C29H33N7O3/c30-28-25-9-10-31-26(21-1-7-24(8-2-21)39-20-13-35-11-16-37-17-12-35)27(25)33-29(34-28)32-22-3-5-23(6-4-22)36-14-18-38-19-15-36/h1-10H,11-20H2,(H3,30,32,33,34). The summed E-state index contributed by atoms with van der Waals surface area (Å²) in [6.07, 6.45) is 1.74. The van der Waals surface area contributed by atoms with E-state index in [4.69, 9.17) is 24.9 Å². The van der Waals surface area contributed by atoms with Gasteiger partial charge in [0.1, 0.15) is 23.7 Å². The number of rotatable bonds is 8. The highest BCUT2D eigenvalue weighted by Crippen LogP contribution is 2.30. The molecule has 2 aliphatic rings. The third-order valence-corrected chi connectivity index (χ3v) is 7.05. The van der Waals surface area contributed by atoms with Crippen LogP contribution in [0.2, 0.25) is 0 Å². The lowest BCUT2D eigenvalue weighted by Crippen LogP contribution is -2.38. The van der Waals surface area contributed by atoms with Gasteiger partial charge < -0.3 is 30.2 Å². The molecule has 0 atom stereocenters. The van der Waals surface area contributed by atoms with Crippen molar-refractivity contribution < 1.29 is 14.2 Å². The largest absolute Gasteiger partial charge is 0.492 e. The number of hydrogen-bond donors (Lipinski definition) is 2. The van der Waals surface area contributed by atoms with Crippen molar-refractivity contribution in [2.75, 3.05) is 81.7 Å². The Labute approximate surface area is 227 Å². The van der Waals surface area contributed by atoms with Gasteiger partial charge in [-0.2, -0.15) is 4.98 Å². The van der Waals surface area contributed by atoms with E-state index >= 15 is 0 Å². The number of nitrogens with one attached hydrogen (secondary N) is 1. The van der Waals surface area contributed by atoms with E-state index in [9.17, 15) is 0 Å². The second-order valence-corrected chi connectivity index (χ2v) is 9.59. The molecule has 0 radical (unpaired) electrons. The Balaban J connectivity index is 1.17. The first-order valence-corrected chi connectivity index (χ1v) is 13.4. The Morgan fingerprint density at radius 1 is 0.846 bits per heavy atom. The molecule has 10 heteroatoms. The fourth-order valence-corrected chi connectivity index (χ4v) is 4.88. The zero-order valence-electron chi connectivity index (χ0n) is 21.9. The average Bonchev–Trinajstić information content (AvgIpc) is 2.99. The number of ether oxygens (including phenoxy) is 3. The van der Waals surface area contributed by atoms with E-state index in [0.717, 1.165) is 87.2 Å². The fourth-order valence-electron chi connectivity index (χ4n) is 4.88. The van der Waals surface area contributed by atoms with E-state index in [1.807, 2.05) is 42.5 Å². The van der Waals surface area contributed by atoms with E-state index < -0.39 is 0 Å². The van der Waals surface area contributed by atoms with E-state index in [1.54, 1.807) is 6.20 Å². The smallest absolute Gasteiger partial charge is 0.229 e. The highest BCUT2D eigenvalue weighted by atomic mass is 16.5. The molecule has 2 saturated heterocycles. The van der Waals surface area contributed by atoms with Crippen LogP contribution in [0.3, 0.4) is 0 Å². The first-order chi connectivity index (χ1) is 19.2. The highest BCUT2D eigenvalue weighted by Gasteiger charge is 2.14. The summed E-state index contributed by atoms with van der Waals surface area (Å²) < 4.78 is 16.8. The predicted octanol–water partition coefficient (Wildman–Crippen LogP) is 3.57. The van der Waals surface area contributed by atoms with Gasteiger partial charge in [0.15, 0.2) is 0 Å². The molecular formula is C29H33N7O3. The summed E-state index contributed by atoms with van der Waals surface area (Å²) in [6.45, 7) is 8.32. The Hall–Kier alpha value is -3.99. The molecule has 4 aromatic rings. The number of benzene rings is 2. The van der Waals surface area contributed by atoms with Gasteiger partial charge in [0, 0.05) is 61.2 Å². The van der Waals surface area contributed by atoms with Crippen LogP contribution in [0.25, 0.3) is 22.2 Å². The molecular weight excluding hydrogens is 494 g/mol. The van der Waals surface area contributed by atoms with Crippen molar-refractivity contribution in [3.05, 3.63) is 60.8 Å². The maximum absolute atomic E-state index is 6.35. The van der Waals surface area contributed by atoms with Crippen LogP contribution in [0.1, 0.15) is 0 Å². The van der Waals surface area contributed by atoms with Gasteiger partial charge in [-0.05, 0) is 54.6 Å². The lowest BCUT2D eigenvalue weighted by atomic mass is 10.1. The summed E-state index contributed by atoms with van der Waals surface area (Å²) in [5.74, 6) is 1.65. The minimum absolute atomic E-state index is 0.402. The molecule has 0 saturated carbocycles. The van der Waals surface area contributed by atoms with E-state index in [0.29, 0.717) is 23.9 Å². The maximum atomic E-state index is 6.35. The third-order valence-electron chi connectivity index (χ3n) is 7.05. The van der Waals surface area contributed by atoms with E-state index in [-0.39, 0.29) is 0 Å². The van der Waals surface area contributed by atoms with Crippen molar-refractivity contribution in [1.29, 1.82) is 0 Å². The van der Waals surface area contributed by atoms with Crippen LogP contribution >= 0.6 is 0 Å². The average molecular weight is 528 g/mol. The summed E-state index contributed by atoms with van der Waals surface area (Å²) in [4.78, 5) is 18.6. The molecule has 0 spiro atoms. The maximum Gasteiger partial charge on any atom is 0.229 e. The van der Waals surface area contributed by atoms with Gasteiger partial charge in [-0.3, -0.25) is 9.88 Å². The molecule has 2 aromatic carbocycles. The third kappa shape index (κ3) is 6.03. The minimum Gasteiger partial charge on any atom is -0.492 e. The van der Waals surface area contributed by atoms with Crippen molar-refractivity contribution >= 4 is 34.0 Å². The first-order valence-electron chi connectivity index (χ1n) is 13.4. The number of morpholine rings is 2. The van der Waals surface area contributed by atoms with Gasteiger partial charge in [0.2, 0.25) is 5.95 Å². The van der Waals surface area contributed by atoms with Crippen LogP contribution in [0, 0.1) is 0 Å². The molecule has 2 fully saturated rings. The molecule has 39 heavy (non-hydrogen) atoms. The van der Waals surface area contributed by atoms with E-state index in [1.165, 1.54) is 5.69 Å². The van der Waals surface area contributed by atoms with Crippen LogP contribution in [0.15, 0.2) is 60.8 Å². The Morgan fingerprint density at radius 3 is 2.31 bits per heavy atom. The monoisotopic (exact) mass is 527 g/mol. The molecule has 0 bridgehead atoms. The summed E-state index contributed by atoms with van der Waals surface area (Å²) in [7, 11) is 0. The van der Waals surface area contributed by atoms with Gasteiger partial charge >= 0.3 is 0 Å². The SMILES string of the molecule is Nc1nc(Nc2ccc(N3CCOCC3)cc2)nc2c(-c3ccc(OCCN4CCOCC4)cc3)nccc12. The molecule has 0 amide bonds. The molecule has 6 rings (SSSR count). The van der Waals surface area contributed by atoms with Gasteiger partial charge in [0.05, 0.1) is 32.1 Å². The van der Waals surface area contributed by atoms with Crippen LogP contribution in [-0.4, -0.2) is 85.6 Å². The quantitative estimate of drug-likeness (QED) is 0.353. The van der Waals surface area contributed by atoms with Crippen molar-refractivity contribution in [3.8, 4) is 17.0 Å². The van der Waals surface area contributed by atoms with Gasteiger partial charge in [0.25, 0.3) is 0 Å². The van der Waals surface area contributed by atoms with Gasteiger partial charge in [-0.15, -0.1) is 0 Å². The van der Waals surface area contributed by atoms with E-state index in [2.05, 4.69) is 37.2 Å². The first kappa shape index (κ1) is 25.3. The number of fused-ring (bicyclic) bond motifs is 1. The van der Waals surface area contributed by atoms with Crippen molar-refractivity contribution in [2.24, 2.45) is 0 Å². The minimum atomic E-state index is 0.402. The van der Waals surface area contributed by atoms with Crippen molar-refractivity contribution in [3.63, 3.8) is 0 Å². The molecule has 10 nitrogen and oxygen atoms in total. The number of aromatic nitrogens is 3. The number of nitrogens with zero attached hydrogens (tertiary/aromatic N) is 5. The number of nitrogen functional groups attached to an aromatic ring is 1. The fraction of sp³-hybridized carbons (Fsp3) is 0.345. The summed E-state index contributed by atoms with van der Waals surface area (Å²) >= 11 is 0. The second-order valence-electron chi connectivity index (χ2n) is 9.59. The van der Waals surface area contributed by atoms with Gasteiger partial charge in [-0.25, -0.2) is 4.98 Å². The summed E-state index contributed by atoms with van der Waals surface area (Å²) in [5, 5.41) is 4.06. The van der Waals surface area contributed by atoms with Gasteiger partial charge in [-0.1, -0.05) is 0 Å². The summed E-state index contributed by atoms with van der Waals surface area (Å²) in [5.41, 5.74) is 10.8. The topological polar surface area (TPSA) is 111 Å². The lowest BCUT2D eigenvalue weighted by Gasteiger charge is -2.28. The molecule has 3 N–H and O–H groups in total. The highest BCUT2D eigenvalue weighted by molar-refractivity contribution is 5.97. The number of hydrogen-bond acceptors (Lipinski definition) is 10. The molecule has 0 unspecified atom stereocenters. The van der Waals surface area contributed by atoms with Crippen molar-refractivity contribution in [2.45, 2.75) is 0 Å². The molecule has 2 aromatic heterocycles.